The van der Waals surface area contributed by atoms with Gasteiger partial charge in [-0.05, 0) is 62.1 Å². The van der Waals surface area contributed by atoms with Crippen LogP contribution in [0, 0.1) is 13.8 Å². The Morgan fingerprint density at radius 2 is 1.75 bits per heavy atom. The van der Waals surface area contributed by atoms with E-state index in [9.17, 15) is 18.0 Å². The van der Waals surface area contributed by atoms with Gasteiger partial charge in [-0.25, -0.2) is 18.0 Å². The number of carbonyl (C=O) groups is 1. The Balaban J connectivity index is 1.94. The van der Waals surface area contributed by atoms with Gasteiger partial charge in [0.05, 0.1) is 10.3 Å². The van der Waals surface area contributed by atoms with E-state index in [0.717, 1.165) is 23.1 Å². The van der Waals surface area contributed by atoms with Crippen molar-refractivity contribution >= 4 is 27.0 Å². The summed E-state index contributed by atoms with van der Waals surface area (Å²) in [4.78, 5) is 25.0. The standard InChI is InChI=1S/C24H27NO6S/c1-5-7-17-14-22(26)30-20-12-16(4)13-21(23(17)20)31-24(27)19(6-2)25-32(28,29)18-10-8-15(3)9-11-18/h8-14,19,25H,5-7H2,1-4H3/t19-/m1/s1. The minimum absolute atomic E-state index is 0.0716. The first-order valence-electron chi connectivity index (χ1n) is 10.5. The van der Waals surface area contributed by atoms with Crippen LogP contribution in [0.2, 0.25) is 0 Å². The number of benzene rings is 2. The van der Waals surface area contributed by atoms with Gasteiger partial charge in [-0.1, -0.05) is 38.0 Å². The van der Waals surface area contributed by atoms with E-state index in [1.165, 1.54) is 18.2 Å². The second-order valence-corrected chi connectivity index (χ2v) is 9.51. The van der Waals surface area contributed by atoms with Gasteiger partial charge in [-0.15, -0.1) is 0 Å². The molecule has 0 saturated heterocycles. The second kappa shape index (κ2) is 9.67. The number of nitrogens with one attached hydrogen (secondary N) is 1. The Labute approximate surface area is 187 Å². The zero-order valence-electron chi connectivity index (χ0n) is 18.6. The Morgan fingerprint density at radius 3 is 2.38 bits per heavy atom. The number of fused-ring (bicyclic) bond motifs is 1. The van der Waals surface area contributed by atoms with Crippen molar-refractivity contribution in [2.45, 2.75) is 57.9 Å². The fourth-order valence-electron chi connectivity index (χ4n) is 3.47. The average Bonchev–Trinajstić information content (AvgIpc) is 2.71. The minimum Gasteiger partial charge on any atom is -0.425 e. The zero-order chi connectivity index (χ0) is 23.5. The zero-order valence-corrected chi connectivity index (χ0v) is 19.4. The lowest BCUT2D eigenvalue weighted by molar-refractivity contribution is -0.136. The van der Waals surface area contributed by atoms with Gasteiger partial charge in [0, 0.05) is 6.07 Å². The molecule has 0 bridgehead atoms. The monoisotopic (exact) mass is 457 g/mol. The van der Waals surface area contributed by atoms with E-state index in [1.807, 2.05) is 13.8 Å². The van der Waals surface area contributed by atoms with Crippen LogP contribution in [0.1, 0.15) is 43.4 Å². The molecule has 32 heavy (non-hydrogen) atoms. The van der Waals surface area contributed by atoms with Crippen molar-refractivity contribution in [1.29, 1.82) is 0 Å². The third-order valence-corrected chi connectivity index (χ3v) is 6.57. The Kier molecular flexibility index (Phi) is 7.16. The lowest BCUT2D eigenvalue weighted by Crippen LogP contribution is -2.42. The van der Waals surface area contributed by atoms with E-state index in [2.05, 4.69) is 4.72 Å². The molecule has 0 fully saturated rings. The Hall–Kier alpha value is -2.97. The molecule has 0 saturated carbocycles. The number of hydrogen-bond acceptors (Lipinski definition) is 6. The summed E-state index contributed by atoms with van der Waals surface area (Å²) >= 11 is 0. The molecule has 0 aliphatic heterocycles. The normalized spacial score (nSPS) is 12.6. The third kappa shape index (κ3) is 5.26. The topological polar surface area (TPSA) is 103 Å². The van der Waals surface area contributed by atoms with Gasteiger partial charge in [-0.2, -0.15) is 4.72 Å². The van der Waals surface area contributed by atoms with Gasteiger partial charge < -0.3 is 9.15 Å². The molecule has 3 aromatic rings. The van der Waals surface area contributed by atoms with E-state index < -0.39 is 27.7 Å². The molecular weight excluding hydrogens is 430 g/mol. The van der Waals surface area contributed by atoms with Gasteiger partial charge in [-0.3, -0.25) is 0 Å². The fraction of sp³-hybridized carbons (Fsp3) is 0.333. The smallest absolute Gasteiger partial charge is 0.336 e. The fourth-order valence-corrected chi connectivity index (χ4v) is 4.74. The molecule has 0 unspecified atom stereocenters. The summed E-state index contributed by atoms with van der Waals surface area (Å²) in [6.45, 7) is 7.32. The van der Waals surface area contributed by atoms with Gasteiger partial charge >= 0.3 is 11.6 Å². The summed E-state index contributed by atoms with van der Waals surface area (Å²) in [5.74, 6) is -0.492. The lowest BCUT2D eigenvalue weighted by Gasteiger charge is -2.18. The van der Waals surface area contributed by atoms with Crippen LogP contribution in [0.5, 0.6) is 5.75 Å². The predicted molar refractivity (Wildman–Crippen MR) is 122 cm³/mol. The first-order valence-corrected chi connectivity index (χ1v) is 12.0. The highest BCUT2D eigenvalue weighted by Gasteiger charge is 2.27. The number of aryl methyl sites for hydroxylation is 3. The Bertz CT molecular complexity index is 1290. The van der Waals surface area contributed by atoms with Gasteiger partial charge in [0.25, 0.3) is 0 Å². The van der Waals surface area contributed by atoms with E-state index >= 15 is 0 Å². The molecule has 0 aliphatic carbocycles. The highest BCUT2D eigenvalue weighted by atomic mass is 32.2. The van der Waals surface area contributed by atoms with Crippen LogP contribution in [0.15, 0.2) is 56.6 Å². The highest BCUT2D eigenvalue weighted by molar-refractivity contribution is 7.89. The van der Waals surface area contributed by atoms with E-state index in [-0.39, 0.29) is 17.1 Å². The molecule has 8 heteroatoms. The third-order valence-electron chi connectivity index (χ3n) is 5.09. The molecule has 1 atom stereocenters. The summed E-state index contributed by atoms with van der Waals surface area (Å²) in [6, 6.07) is 10.1. The highest BCUT2D eigenvalue weighted by Crippen LogP contribution is 2.31. The summed E-state index contributed by atoms with van der Waals surface area (Å²) < 4.78 is 38.9. The van der Waals surface area contributed by atoms with Crippen LogP contribution in [0.3, 0.4) is 0 Å². The quantitative estimate of drug-likeness (QED) is 0.311. The van der Waals surface area contributed by atoms with Crippen molar-refractivity contribution in [3.63, 3.8) is 0 Å². The molecule has 1 N–H and O–H groups in total. The number of carbonyl (C=O) groups excluding carboxylic acids is 1. The lowest BCUT2D eigenvalue weighted by atomic mass is 10.0. The number of esters is 1. The van der Waals surface area contributed by atoms with E-state index in [0.29, 0.717) is 17.4 Å². The molecule has 3 rings (SSSR count). The van der Waals surface area contributed by atoms with Crippen molar-refractivity contribution in [3.05, 3.63) is 69.6 Å². The first kappa shape index (κ1) is 23.7. The molecule has 0 amide bonds. The largest absolute Gasteiger partial charge is 0.425 e. The molecule has 170 valence electrons. The summed E-state index contributed by atoms with van der Waals surface area (Å²) in [6.07, 6.45) is 1.59. The van der Waals surface area contributed by atoms with Gasteiger partial charge in [0.1, 0.15) is 17.4 Å². The van der Waals surface area contributed by atoms with Crippen LogP contribution in [-0.2, 0) is 21.2 Å². The maximum Gasteiger partial charge on any atom is 0.336 e. The van der Waals surface area contributed by atoms with Crippen LogP contribution in [-0.4, -0.2) is 20.4 Å². The first-order chi connectivity index (χ1) is 15.1. The van der Waals surface area contributed by atoms with E-state index in [1.54, 1.807) is 38.1 Å². The van der Waals surface area contributed by atoms with Gasteiger partial charge in [0.2, 0.25) is 10.0 Å². The maximum atomic E-state index is 13.0. The number of hydrogen-bond donors (Lipinski definition) is 1. The van der Waals surface area contributed by atoms with Crippen molar-refractivity contribution < 1.29 is 22.4 Å². The summed E-state index contributed by atoms with van der Waals surface area (Å²) in [5, 5.41) is 0.543. The van der Waals surface area contributed by atoms with E-state index in [4.69, 9.17) is 9.15 Å². The van der Waals surface area contributed by atoms with Crippen molar-refractivity contribution in [2.24, 2.45) is 0 Å². The van der Waals surface area contributed by atoms with Gasteiger partial charge in [0.15, 0.2) is 0 Å². The predicted octanol–water partition coefficient (Wildman–Crippen LogP) is 4.02. The number of sulfonamides is 1. The van der Waals surface area contributed by atoms with Crippen LogP contribution >= 0.6 is 0 Å². The summed E-state index contributed by atoms with van der Waals surface area (Å²) in [5.41, 5.74) is 2.25. The molecule has 0 aliphatic rings. The number of rotatable bonds is 8. The minimum atomic E-state index is -3.91. The molecule has 7 nitrogen and oxygen atoms in total. The van der Waals surface area contributed by atoms with Crippen LogP contribution in [0.25, 0.3) is 11.0 Å². The summed E-state index contributed by atoms with van der Waals surface area (Å²) in [7, 11) is -3.91. The second-order valence-electron chi connectivity index (χ2n) is 7.79. The average molecular weight is 458 g/mol. The molecule has 1 aromatic heterocycles. The van der Waals surface area contributed by atoms with Crippen molar-refractivity contribution in [1.82, 2.24) is 4.72 Å². The molecule has 0 spiro atoms. The van der Waals surface area contributed by atoms with Crippen LogP contribution < -0.4 is 15.1 Å². The molecule has 2 aromatic carbocycles. The molecular formula is C24H27NO6S. The number of ether oxygens (including phenoxy) is 1. The Morgan fingerprint density at radius 1 is 1.06 bits per heavy atom. The molecule has 1 heterocycles. The van der Waals surface area contributed by atoms with Crippen molar-refractivity contribution in [3.8, 4) is 5.75 Å². The SMILES string of the molecule is CCCc1cc(=O)oc2cc(C)cc(OC(=O)[C@@H](CC)NS(=O)(=O)c3ccc(C)cc3)c12. The van der Waals surface area contributed by atoms with Crippen LogP contribution in [0.4, 0.5) is 0 Å². The molecule has 0 radical (unpaired) electrons. The maximum absolute atomic E-state index is 13.0. The van der Waals surface area contributed by atoms with Crippen molar-refractivity contribution in [2.75, 3.05) is 0 Å².